The summed E-state index contributed by atoms with van der Waals surface area (Å²) in [6.45, 7) is 2.15. The summed E-state index contributed by atoms with van der Waals surface area (Å²) >= 11 is 0. The molecule has 10 heteroatoms. The number of aryl methyl sites for hydroxylation is 1. The minimum absolute atomic E-state index is 0.177. The topological polar surface area (TPSA) is 103 Å². The van der Waals surface area contributed by atoms with Crippen LogP contribution in [0, 0.1) is 12.7 Å². The summed E-state index contributed by atoms with van der Waals surface area (Å²) in [5.74, 6) is -0.312. The summed E-state index contributed by atoms with van der Waals surface area (Å²) in [6, 6.07) is 7.55. The Hall–Kier alpha value is -3.27. The Labute approximate surface area is 179 Å². The largest absolute Gasteiger partial charge is 0.476 e. The van der Waals surface area contributed by atoms with E-state index < -0.39 is 27.6 Å². The van der Waals surface area contributed by atoms with Gasteiger partial charge in [0.1, 0.15) is 23.7 Å². The number of rotatable bonds is 5. The molecule has 1 saturated heterocycles. The molecule has 162 valence electrons. The molecule has 1 fully saturated rings. The minimum Gasteiger partial charge on any atom is -0.476 e. The third-order valence-corrected chi connectivity index (χ3v) is 5.25. The van der Waals surface area contributed by atoms with E-state index in [1.807, 2.05) is 6.92 Å². The van der Waals surface area contributed by atoms with Crippen LogP contribution < -0.4 is 10.1 Å². The van der Waals surface area contributed by atoms with E-state index in [9.17, 15) is 13.4 Å². The van der Waals surface area contributed by atoms with Gasteiger partial charge in [-0.05, 0) is 36.8 Å². The molecular formula is C21H21FN4O4S. The standard InChI is InChI=1S/C21H21FN4O4S/c1-12-8-14(26-31(2,3)28)10-16-19(12)20(24-11-23-16)25-15-5-4-13(22)9-18(15)30-17-6-7-29-21(17)27/h4-5,8-11,17H,6-7H2,1-3H3,(H,23,24,25). The highest BCUT2D eigenvalue weighted by atomic mass is 32.2. The molecule has 0 bridgehead atoms. The van der Waals surface area contributed by atoms with Gasteiger partial charge in [0.05, 0.1) is 23.5 Å². The Bertz CT molecular complexity index is 1300. The van der Waals surface area contributed by atoms with Crippen molar-refractivity contribution in [2.75, 3.05) is 24.4 Å². The predicted octanol–water partition coefficient (Wildman–Crippen LogP) is 3.87. The van der Waals surface area contributed by atoms with Gasteiger partial charge in [-0.15, -0.1) is 0 Å². The Balaban J connectivity index is 1.74. The Morgan fingerprint density at radius 1 is 1.26 bits per heavy atom. The molecule has 4 rings (SSSR count). The number of nitrogens with one attached hydrogen (secondary N) is 1. The number of fused-ring (bicyclic) bond motifs is 1. The van der Waals surface area contributed by atoms with E-state index in [-0.39, 0.29) is 12.4 Å². The zero-order valence-corrected chi connectivity index (χ0v) is 18.0. The maximum Gasteiger partial charge on any atom is 0.347 e. The smallest absolute Gasteiger partial charge is 0.347 e. The van der Waals surface area contributed by atoms with E-state index in [1.54, 1.807) is 24.6 Å². The molecule has 1 aliphatic rings. The highest BCUT2D eigenvalue weighted by molar-refractivity contribution is 7.92. The van der Waals surface area contributed by atoms with Crippen LogP contribution in [0.2, 0.25) is 0 Å². The number of esters is 1. The highest BCUT2D eigenvalue weighted by Crippen LogP contribution is 2.34. The molecule has 0 aliphatic carbocycles. The first kappa shape index (κ1) is 21.0. The lowest BCUT2D eigenvalue weighted by atomic mass is 10.1. The van der Waals surface area contributed by atoms with Gasteiger partial charge >= 0.3 is 5.97 Å². The Morgan fingerprint density at radius 2 is 2.06 bits per heavy atom. The molecule has 31 heavy (non-hydrogen) atoms. The van der Waals surface area contributed by atoms with Gasteiger partial charge in [0.15, 0.2) is 6.10 Å². The first-order valence-electron chi connectivity index (χ1n) is 9.52. The predicted molar refractivity (Wildman–Crippen MR) is 116 cm³/mol. The van der Waals surface area contributed by atoms with Gasteiger partial charge in [0.25, 0.3) is 0 Å². The number of nitrogens with zero attached hydrogens (tertiary/aromatic N) is 3. The quantitative estimate of drug-likeness (QED) is 0.596. The maximum atomic E-state index is 13.9. The molecule has 8 nitrogen and oxygen atoms in total. The average molecular weight is 444 g/mol. The first-order chi connectivity index (χ1) is 14.7. The van der Waals surface area contributed by atoms with Crippen molar-refractivity contribution in [1.82, 2.24) is 9.97 Å². The zero-order chi connectivity index (χ0) is 22.2. The third kappa shape index (κ3) is 4.74. The summed E-state index contributed by atoms with van der Waals surface area (Å²) in [7, 11) is -2.32. The lowest BCUT2D eigenvalue weighted by Crippen LogP contribution is -2.22. The second-order valence-corrected chi connectivity index (χ2v) is 10.0. The third-order valence-electron chi connectivity index (χ3n) is 4.60. The summed E-state index contributed by atoms with van der Waals surface area (Å²) in [5, 5.41) is 3.89. The van der Waals surface area contributed by atoms with Gasteiger partial charge in [-0.3, -0.25) is 0 Å². The molecular weight excluding hydrogens is 423 g/mol. The van der Waals surface area contributed by atoms with Gasteiger partial charge < -0.3 is 14.8 Å². The highest BCUT2D eigenvalue weighted by Gasteiger charge is 2.29. The Morgan fingerprint density at radius 3 is 2.77 bits per heavy atom. The zero-order valence-electron chi connectivity index (χ0n) is 17.2. The number of halogens is 1. The van der Waals surface area contributed by atoms with Crippen LogP contribution in [0.15, 0.2) is 41.0 Å². The van der Waals surface area contributed by atoms with E-state index in [0.717, 1.165) is 10.9 Å². The van der Waals surface area contributed by atoms with E-state index in [4.69, 9.17) is 9.47 Å². The number of ether oxygens (including phenoxy) is 2. The van der Waals surface area contributed by atoms with Crippen LogP contribution in [0.3, 0.4) is 0 Å². The van der Waals surface area contributed by atoms with Gasteiger partial charge in [-0.1, -0.05) is 0 Å². The molecule has 1 unspecified atom stereocenters. The molecule has 0 saturated carbocycles. The van der Waals surface area contributed by atoms with E-state index in [1.165, 1.54) is 24.5 Å². The van der Waals surface area contributed by atoms with Crippen molar-refractivity contribution in [3.63, 3.8) is 0 Å². The fraction of sp³-hybridized carbons (Fsp3) is 0.286. The Kier molecular flexibility index (Phi) is 5.48. The van der Waals surface area contributed by atoms with Crippen molar-refractivity contribution in [3.05, 3.63) is 48.0 Å². The second-order valence-electron chi connectivity index (χ2n) is 7.48. The number of hydrogen-bond acceptors (Lipinski definition) is 8. The van der Waals surface area contributed by atoms with Gasteiger partial charge in [-0.2, -0.15) is 4.36 Å². The van der Waals surface area contributed by atoms with Crippen molar-refractivity contribution in [3.8, 4) is 5.75 Å². The number of carbonyl (C=O) groups excluding carboxylic acids is 1. The normalized spacial score (nSPS) is 16.3. The molecule has 1 aliphatic heterocycles. The van der Waals surface area contributed by atoms with Crippen LogP contribution in [0.4, 0.5) is 21.6 Å². The number of carbonyl (C=O) groups is 1. The van der Waals surface area contributed by atoms with Crippen LogP contribution in [0.25, 0.3) is 10.9 Å². The summed E-state index contributed by atoms with van der Waals surface area (Å²) < 4.78 is 40.8. The van der Waals surface area contributed by atoms with Crippen molar-refractivity contribution in [2.24, 2.45) is 4.36 Å². The number of aromatic nitrogens is 2. The van der Waals surface area contributed by atoms with Crippen molar-refractivity contribution >= 4 is 43.8 Å². The van der Waals surface area contributed by atoms with Gasteiger partial charge in [-0.25, -0.2) is 23.4 Å². The fourth-order valence-corrected chi connectivity index (χ4v) is 3.95. The molecule has 1 N–H and O–H groups in total. The summed E-state index contributed by atoms with van der Waals surface area (Å²) in [4.78, 5) is 20.4. The average Bonchev–Trinajstić information content (AvgIpc) is 3.07. The molecule has 0 amide bonds. The molecule has 3 aromatic rings. The maximum absolute atomic E-state index is 13.9. The first-order valence-corrected chi connectivity index (χ1v) is 11.8. The lowest BCUT2D eigenvalue weighted by Gasteiger charge is -2.16. The SMILES string of the molecule is Cc1cc(N=S(C)(C)=O)cc2ncnc(Nc3ccc(F)cc3OC3CCOC3=O)c12. The molecule has 0 spiro atoms. The minimum atomic E-state index is -2.32. The van der Waals surface area contributed by atoms with Crippen LogP contribution in [-0.4, -0.2) is 45.4 Å². The molecule has 0 radical (unpaired) electrons. The number of cyclic esters (lactones) is 1. The molecule has 2 heterocycles. The van der Waals surface area contributed by atoms with Crippen LogP contribution >= 0.6 is 0 Å². The molecule has 1 aromatic heterocycles. The van der Waals surface area contributed by atoms with Crippen LogP contribution in [0.5, 0.6) is 5.75 Å². The summed E-state index contributed by atoms with van der Waals surface area (Å²) in [6.07, 6.45) is 4.13. The molecule has 2 aromatic carbocycles. The van der Waals surface area contributed by atoms with E-state index in [0.29, 0.717) is 29.1 Å². The lowest BCUT2D eigenvalue weighted by molar-refractivity contribution is -0.143. The number of benzene rings is 2. The number of hydrogen-bond donors (Lipinski definition) is 1. The monoisotopic (exact) mass is 444 g/mol. The van der Waals surface area contributed by atoms with E-state index >= 15 is 0 Å². The fourth-order valence-electron chi connectivity index (χ4n) is 3.34. The molecule has 1 atom stereocenters. The van der Waals surface area contributed by atoms with Crippen LogP contribution in [0.1, 0.15) is 12.0 Å². The second kappa shape index (κ2) is 8.10. The van der Waals surface area contributed by atoms with Crippen molar-refractivity contribution in [1.29, 1.82) is 0 Å². The van der Waals surface area contributed by atoms with Gasteiger partial charge in [0.2, 0.25) is 0 Å². The summed E-state index contributed by atoms with van der Waals surface area (Å²) in [5.41, 5.74) is 2.45. The number of anilines is 2. The van der Waals surface area contributed by atoms with E-state index in [2.05, 4.69) is 19.6 Å². The van der Waals surface area contributed by atoms with Crippen molar-refractivity contribution < 1.29 is 22.9 Å². The van der Waals surface area contributed by atoms with Crippen molar-refractivity contribution in [2.45, 2.75) is 19.4 Å². The van der Waals surface area contributed by atoms with Crippen LogP contribution in [-0.2, 0) is 19.3 Å². The van der Waals surface area contributed by atoms with Gasteiger partial charge in [0, 0.05) is 40.1 Å².